The van der Waals surface area contributed by atoms with Gasteiger partial charge in [-0.1, -0.05) is 42.5 Å². The zero-order chi connectivity index (χ0) is 26.1. The number of ether oxygens (including phenoxy) is 5. The predicted molar refractivity (Wildman–Crippen MR) is 132 cm³/mol. The van der Waals surface area contributed by atoms with Crippen molar-refractivity contribution in [3.05, 3.63) is 70.0 Å². The fourth-order valence-corrected chi connectivity index (χ4v) is 4.48. The summed E-state index contributed by atoms with van der Waals surface area (Å²) < 4.78 is 28.0. The molecule has 2 atom stereocenters. The van der Waals surface area contributed by atoms with Gasteiger partial charge in [0.1, 0.15) is 31.5 Å². The number of Topliss-reactive ketones (excluding diaryl/α,β-unsaturated/α-hetero) is 1. The third-order valence-electron chi connectivity index (χ3n) is 5.53. The first kappa shape index (κ1) is 27.6. The molecular weight excluding hydrogens is 536 g/mol. The topological polar surface area (TPSA) is 106 Å². The highest BCUT2D eigenvalue weighted by molar-refractivity contribution is 9.10. The minimum absolute atomic E-state index is 0.0343. The number of benzene rings is 1. The second-order valence-corrected chi connectivity index (χ2v) is 8.80. The van der Waals surface area contributed by atoms with Gasteiger partial charge < -0.3 is 28.3 Å². The van der Waals surface area contributed by atoms with Crippen LogP contribution in [0.5, 0.6) is 0 Å². The number of rotatable bonds is 11. The lowest BCUT2D eigenvalue weighted by Gasteiger charge is -2.34. The van der Waals surface area contributed by atoms with E-state index in [2.05, 4.69) is 15.9 Å². The Morgan fingerprint density at radius 2 is 1.81 bits per heavy atom. The van der Waals surface area contributed by atoms with Crippen molar-refractivity contribution >= 4 is 33.8 Å². The molecule has 0 fully saturated rings. The van der Waals surface area contributed by atoms with Gasteiger partial charge in [-0.05, 0) is 27.6 Å². The van der Waals surface area contributed by atoms with Gasteiger partial charge in [-0.25, -0.2) is 9.59 Å². The average Bonchev–Trinajstić information content (AvgIpc) is 3.22. The molecule has 3 rings (SSSR count). The summed E-state index contributed by atoms with van der Waals surface area (Å²) >= 11 is 3.37. The molecule has 0 radical (unpaired) electrons. The summed E-state index contributed by atoms with van der Waals surface area (Å²) in [6.07, 6.45) is 2.48. The Kier molecular flexibility index (Phi) is 10.2. The lowest BCUT2D eigenvalue weighted by atomic mass is 10.0. The van der Waals surface area contributed by atoms with E-state index in [-0.39, 0.29) is 50.3 Å². The molecule has 10 nitrogen and oxygen atoms in total. The summed E-state index contributed by atoms with van der Waals surface area (Å²) in [5.74, 6) is -0.908. The molecule has 1 aliphatic rings. The number of nitrogens with zero attached hydrogens (tertiary/aromatic N) is 2. The quantitative estimate of drug-likeness (QED) is 0.176. The molecule has 0 saturated heterocycles. The molecule has 2 heterocycles. The van der Waals surface area contributed by atoms with E-state index in [0.29, 0.717) is 4.47 Å². The number of ketones is 1. The zero-order valence-electron chi connectivity index (χ0n) is 20.3. The SMILES string of the molecule is COCO[C@@H]1C=C[C@H](CC(=O)c2c(Br)cc(C(=O)OC)n2COC)N(C(=O)OCc2ccccc2)C1. The summed E-state index contributed by atoms with van der Waals surface area (Å²) in [5, 5.41) is 0. The number of esters is 1. The molecular formula is C25H29BrN2O8. The molecule has 0 N–H and O–H groups in total. The van der Waals surface area contributed by atoms with Crippen LogP contribution in [-0.2, 0) is 37.0 Å². The summed E-state index contributed by atoms with van der Waals surface area (Å²) in [6.45, 7) is 0.292. The number of aromatic nitrogens is 1. The summed E-state index contributed by atoms with van der Waals surface area (Å²) in [6, 6.07) is 10.2. The minimum atomic E-state index is -0.603. The van der Waals surface area contributed by atoms with Crippen molar-refractivity contribution in [2.75, 3.05) is 34.7 Å². The lowest BCUT2D eigenvalue weighted by molar-refractivity contribution is -0.0675. The largest absolute Gasteiger partial charge is 0.464 e. The number of amides is 1. The van der Waals surface area contributed by atoms with Crippen LogP contribution in [-0.4, -0.2) is 74.1 Å². The van der Waals surface area contributed by atoms with Crippen LogP contribution >= 0.6 is 15.9 Å². The van der Waals surface area contributed by atoms with E-state index in [1.807, 2.05) is 30.3 Å². The first-order valence-electron chi connectivity index (χ1n) is 11.1. The lowest BCUT2D eigenvalue weighted by Crippen LogP contribution is -2.48. The molecule has 0 saturated carbocycles. The van der Waals surface area contributed by atoms with Gasteiger partial charge in [0, 0.05) is 25.1 Å². The summed E-state index contributed by atoms with van der Waals surface area (Å²) in [7, 11) is 4.23. The van der Waals surface area contributed by atoms with Crippen LogP contribution in [0.4, 0.5) is 4.79 Å². The number of hydrogen-bond acceptors (Lipinski definition) is 8. The first-order chi connectivity index (χ1) is 17.4. The second kappa shape index (κ2) is 13.4. The maximum Gasteiger partial charge on any atom is 0.410 e. The van der Waals surface area contributed by atoms with Gasteiger partial charge in [-0.3, -0.25) is 9.69 Å². The normalized spacial score (nSPS) is 17.2. The summed E-state index contributed by atoms with van der Waals surface area (Å²) in [4.78, 5) is 40.2. The van der Waals surface area contributed by atoms with Crippen LogP contribution < -0.4 is 0 Å². The fraction of sp³-hybridized carbons (Fsp3) is 0.400. The zero-order valence-corrected chi connectivity index (χ0v) is 21.9. The molecule has 36 heavy (non-hydrogen) atoms. The highest BCUT2D eigenvalue weighted by Crippen LogP contribution is 2.27. The van der Waals surface area contributed by atoms with E-state index >= 15 is 0 Å². The number of hydrogen-bond donors (Lipinski definition) is 0. The van der Waals surface area contributed by atoms with Crippen LogP contribution in [0.3, 0.4) is 0 Å². The van der Waals surface area contributed by atoms with E-state index < -0.39 is 24.2 Å². The van der Waals surface area contributed by atoms with Crippen molar-refractivity contribution in [2.45, 2.75) is 31.9 Å². The van der Waals surface area contributed by atoms with Gasteiger partial charge in [-0.2, -0.15) is 0 Å². The van der Waals surface area contributed by atoms with Gasteiger partial charge in [0.2, 0.25) is 0 Å². The van der Waals surface area contributed by atoms with Crippen LogP contribution in [0.15, 0.2) is 53.0 Å². The molecule has 1 aromatic heterocycles. The Morgan fingerprint density at radius 1 is 1.06 bits per heavy atom. The predicted octanol–water partition coefficient (Wildman–Crippen LogP) is 3.78. The monoisotopic (exact) mass is 564 g/mol. The number of methoxy groups -OCH3 is 3. The third-order valence-corrected chi connectivity index (χ3v) is 6.13. The van der Waals surface area contributed by atoms with E-state index in [0.717, 1.165) is 5.56 Å². The molecule has 0 aliphatic carbocycles. The van der Waals surface area contributed by atoms with E-state index in [9.17, 15) is 14.4 Å². The van der Waals surface area contributed by atoms with Gasteiger partial charge >= 0.3 is 12.1 Å². The van der Waals surface area contributed by atoms with Crippen LogP contribution in [0.2, 0.25) is 0 Å². The molecule has 0 bridgehead atoms. The van der Waals surface area contributed by atoms with Gasteiger partial charge in [0.05, 0.1) is 25.8 Å². The number of carbonyl (C=O) groups excluding carboxylic acids is 3. The van der Waals surface area contributed by atoms with Gasteiger partial charge in [0.25, 0.3) is 0 Å². The Labute approximate surface area is 217 Å². The smallest absolute Gasteiger partial charge is 0.410 e. The molecule has 2 aromatic rings. The highest BCUT2D eigenvalue weighted by atomic mass is 79.9. The van der Waals surface area contributed by atoms with Crippen molar-refractivity contribution in [1.82, 2.24) is 9.47 Å². The highest BCUT2D eigenvalue weighted by Gasteiger charge is 2.33. The van der Waals surface area contributed by atoms with Crippen molar-refractivity contribution in [1.29, 1.82) is 0 Å². The molecule has 11 heteroatoms. The van der Waals surface area contributed by atoms with Crippen molar-refractivity contribution in [2.24, 2.45) is 0 Å². The molecule has 194 valence electrons. The van der Waals surface area contributed by atoms with E-state index in [1.165, 1.54) is 36.9 Å². The number of halogens is 1. The molecule has 1 aromatic carbocycles. The number of carbonyl (C=O) groups is 3. The first-order valence-corrected chi connectivity index (χ1v) is 11.9. The molecule has 1 amide bonds. The van der Waals surface area contributed by atoms with Gasteiger partial charge in [0.15, 0.2) is 5.78 Å². The van der Waals surface area contributed by atoms with Crippen molar-refractivity contribution in [3.63, 3.8) is 0 Å². The van der Waals surface area contributed by atoms with Crippen molar-refractivity contribution in [3.8, 4) is 0 Å². The van der Waals surface area contributed by atoms with Crippen LogP contribution in [0.1, 0.15) is 33.0 Å². The molecule has 1 aliphatic heterocycles. The second-order valence-electron chi connectivity index (χ2n) is 7.95. The molecule has 0 unspecified atom stereocenters. The van der Waals surface area contributed by atoms with E-state index in [1.54, 1.807) is 12.2 Å². The van der Waals surface area contributed by atoms with E-state index in [4.69, 9.17) is 23.7 Å². The van der Waals surface area contributed by atoms with Gasteiger partial charge in [-0.15, -0.1) is 0 Å². The maximum absolute atomic E-state index is 13.4. The minimum Gasteiger partial charge on any atom is -0.464 e. The fourth-order valence-electron chi connectivity index (χ4n) is 3.82. The van der Waals surface area contributed by atoms with Crippen molar-refractivity contribution < 1.29 is 38.1 Å². The average molecular weight is 565 g/mol. The summed E-state index contributed by atoms with van der Waals surface area (Å²) in [5.41, 5.74) is 1.25. The maximum atomic E-state index is 13.4. The van der Waals surface area contributed by atoms with Crippen LogP contribution in [0.25, 0.3) is 0 Å². The van der Waals surface area contributed by atoms with Crippen LogP contribution in [0, 0.1) is 0 Å². The third kappa shape index (κ3) is 6.82. The Morgan fingerprint density at radius 3 is 2.47 bits per heavy atom. The Bertz CT molecular complexity index is 1090. The Balaban J connectivity index is 1.82. The standard InChI is InChI=1S/C25H29BrN2O8/c1-32-15-28-21(24(30)34-3)12-20(26)23(28)22(29)11-18-9-10-19(36-16-33-2)13-27(18)25(31)35-14-17-7-5-4-6-8-17/h4-10,12,18-19H,11,13-16H2,1-3H3/t18-,19-/m1/s1. The Hall–Kier alpha value is -2.99. The molecule has 0 spiro atoms.